The van der Waals surface area contributed by atoms with Crippen LogP contribution >= 0.6 is 0 Å². The molecule has 1 atom stereocenters. The predicted octanol–water partition coefficient (Wildman–Crippen LogP) is 1.60. The zero-order valence-corrected chi connectivity index (χ0v) is 8.80. The molecule has 0 aromatic heterocycles. The van der Waals surface area contributed by atoms with Crippen LogP contribution < -0.4 is 5.73 Å². The first-order valence-corrected chi connectivity index (χ1v) is 4.83. The van der Waals surface area contributed by atoms with Crippen molar-refractivity contribution >= 4 is 11.7 Å². The molecule has 0 radical (unpaired) electrons. The van der Waals surface area contributed by atoms with Gasteiger partial charge in [0.1, 0.15) is 0 Å². The molecule has 0 aliphatic carbocycles. The summed E-state index contributed by atoms with van der Waals surface area (Å²) < 4.78 is 13.2. The van der Waals surface area contributed by atoms with Crippen LogP contribution in [-0.4, -0.2) is 16.0 Å². The van der Waals surface area contributed by atoms with Crippen LogP contribution in [0.5, 0.6) is 0 Å². The number of nitro groups is 1. The second-order valence-corrected chi connectivity index (χ2v) is 3.51. The second-order valence-electron chi connectivity index (χ2n) is 3.51. The fourth-order valence-corrected chi connectivity index (χ4v) is 1.35. The molecule has 7 heteroatoms. The van der Waals surface area contributed by atoms with E-state index in [1.54, 1.807) is 0 Å². The molecule has 0 heterocycles. The highest BCUT2D eigenvalue weighted by Gasteiger charge is 2.16. The number of nitrogens with two attached hydrogens (primary N) is 1. The van der Waals surface area contributed by atoms with Crippen molar-refractivity contribution in [3.63, 3.8) is 0 Å². The Hall–Kier alpha value is -2.02. The van der Waals surface area contributed by atoms with Gasteiger partial charge in [0.25, 0.3) is 0 Å². The van der Waals surface area contributed by atoms with E-state index in [1.165, 1.54) is 6.07 Å². The summed E-state index contributed by atoms with van der Waals surface area (Å²) in [6.45, 7) is 0. The SMILES string of the molecule is NC(CCC(=O)O)c1ccc([N+](=O)[O-])c(F)c1. The van der Waals surface area contributed by atoms with E-state index < -0.39 is 28.4 Å². The molecular weight excluding hydrogens is 231 g/mol. The summed E-state index contributed by atoms with van der Waals surface area (Å²) in [4.78, 5) is 19.9. The Morgan fingerprint density at radius 3 is 2.71 bits per heavy atom. The third kappa shape index (κ3) is 3.49. The van der Waals surface area contributed by atoms with Crippen LogP contribution in [0.2, 0.25) is 0 Å². The van der Waals surface area contributed by atoms with Gasteiger partial charge in [-0.25, -0.2) is 0 Å². The summed E-state index contributed by atoms with van der Waals surface area (Å²) in [6, 6.07) is 2.66. The summed E-state index contributed by atoms with van der Waals surface area (Å²) in [7, 11) is 0. The molecule has 1 aromatic rings. The van der Waals surface area contributed by atoms with Crippen LogP contribution in [0.1, 0.15) is 24.4 Å². The number of nitrogens with zero attached hydrogens (tertiary/aromatic N) is 1. The number of benzene rings is 1. The van der Waals surface area contributed by atoms with Crippen LogP contribution in [0, 0.1) is 15.9 Å². The Kier molecular flexibility index (Phi) is 4.11. The number of carbonyl (C=O) groups is 1. The lowest BCUT2D eigenvalue weighted by Gasteiger charge is -2.10. The number of halogens is 1. The maximum Gasteiger partial charge on any atom is 0.304 e. The third-order valence-electron chi connectivity index (χ3n) is 2.27. The lowest BCUT2D eigenvalue weighted by molar-refractivity contribution is -0.387. The van der Waals surface area contributed by atoms with Gasteiger partial charge in [0.2, 0.25) is 5.82 Å². The van der Waals surface area contributed by atoms with Gasteiger partial charge in [-0.05, 0) is 18.1 Å². The number of hydrogen-bond acceptors (Lipinski definition) is 4. The first kappa shape index (κ1) is 13.0. The van der Waals surface area contributed by atoms with Gasteiger partial charge in [-0.3, -0.25) is 14.9 Å². The van der Waals surface area contributed by atoms with Gasteiger partial charge >= 0.3 is 11.7 Å². The van der Waals surface area contributed by atoms with Gasteiger partial charge in [-0.1, -0.05) is 6.07 Å². The van der Waals surface area contributed by atoms with Gasteiger partial charge in [-0.15, -0.1) is 0 Å². The molecular formula is C10H11FN2O4. The molecule has 1 aromatic carbocycles. The first-order valence-electron chi connectivity index (χ1n) is 4.83. The normalized spacial score (nSPS) is 12.1. The van der Waals surface area contributed by atoms with Gasteiger partial charge in [0, 0.05) is 18.5 Å². The molecule has 0 aliphatic rings. The molecule has 3 N–H and O–H groups in total. The van der Waals surface area contributed by atoms with E-state index in [2.05, 4.69) is 0 Å². The standard InChI is InChI=1S/C10H11FN2O4/c11-7-5-6(1-3-9(7)13(16)17)8(12)2-4-10(14)15/h1,3,5,8H,2,4,12H2,(H,14,15). The van der Waals surface area contributed by atoms with Crippen molar-refractivity contribution in [2.24, 2.45) is 5.73 Å². The summed E-state index contributed by atoms with van der Waals surface area (Å²) >= 11 is 0. The van der Waals surface area contributed by atoms with E-state index in [0.29, 0.717) is 5.56 Å². The average molecular weight is 242 g/mol. The minimum atomic E-state index is -0.997. The number of aliphatic carboxylic acids is 1. The molecule has 0 aliphatic heterocycles. The fraction of sp³-hybridized carbons (Fsp3) is 0.300. The van der Waals surface area contributed by atoms with Gasteiger partial charge in [0.15, 0.2) is 0 Å². The number of rotatable bonds is 5. The van der Waals surface area contributed by atoms with Crippen molar-refractivity contribution in [2.75, 3.05) is 0 Å². The molecule has 1 rings (SSSR count). The van der Waals surface area contributed by atoms with Gasteiger partial charge < -0.3 is 10.8 Å². The highest BCUT2D eigenvalue weighted by atomic mass is 19.1. The van der Waals surface area contributed by atoms with Crippen LogP contribution in [0.4, 0.5) is 10.1 Å². The molecule has 0 amide bonds. The van der Waals surface area contributed by atoms with E-state index in [4.69, 9.17) is 10.8 Å². The third-order valence-corrected chi connectivity index (χ3v) is 2.27. The van der Waals surface area contributed by atoms with Gasteiger partial charge in [-0.2, -0.15) is 4.39 Å². The van der Waals surface area contributed by atoms with E-state index in [0.717, 1.165) is 12.1 Å². The first-order chi connectivity index (χ1) is 7.91. The van der Waals surface area contributed by atoms with E-state index >= 15 is 0 Å². The Labute approximate surface area is 96.0 Å². The fourth-order valence-electron chi connectivity index (χ4n) is 1.35. The molecule has 0 saturated heterocycles. The van der Waals surface area contributed by atoms with Crippen molar-refractivity contribution in [1.29, 1.82) is 0 Å². The molecule has 0 bridgehead atoms. The molecule has 0 spiro atoms. The molecule has 1 unspecified atom stereocenters. The predicted molar refractivity (Wildman–Crippen MR) is 56.9 cm³/mol. The molecule has 92 valence electrons. The quantitative estimate of drug-likeness (QED) is 0.602. The monoisotopic (exact) mass is 242 g/mol. The minimum Gasteiger partial charge on any atom is -0.481 e. The average Bonchev–Trinajstić information content (AvgIpc) is 2.25. The lowest BCUT2D eigenvalue weighted by atomic mass is 10.0. The Balaban J connectivity index is 2.82. The highest BCUT2D eigenvalue weighted by molar-refractivity contribution is 5.66. The minimum absolute atomic E-state index is 0.139. The van der Waals surface area contributed by atoms with Crippen molar-refractivity contribution < 1.29 is 19.2 Å². The smallest absolute Gasteiger partial charge is 0.304 e. The van der Waals surface area contributed by atoms with E-state index in [-0.39, 0.29) is 12.8 Å². The van der Waals surface area contributed by atoms with Crippen molar-refractivity contribution in [2.45, 2.75) is 18.9 Å². The molecule has 17 heavy (non-hydrogen) atoms. The van der Waals surface area contributed by atoms with Gasteiger partial charge in [0.05, 0.1) is 4.92 Å². The largest absolute Gasteiger partial charge is 0.481 e. The number of carboxylic acids is 1. The number of hydrogen-bond donors (Lipinski definition) is 2. The summed E-state index contributed by atoms with van der Waals surface area (Å²) in [5, 5.41) is 18.8. The van der Waals surface area contributed by atoms with Crippen LogP contribution in [0.25, 0.3) is 0 Å². The second kappa shape index (κ2) is 5.35. The number of nitro benzene ring substituents is 1. The Bertz CT molecular complexity index is 450. The Morgan fingerprint density at radius 2 is 2.24 bits per heavy atom. The van der Waals surface area contributed by atoms with Crippen molar-refractivity contribution in [3.8, 4) is 0 Å². The topological polar surface area (TPSA) is 106 Å². The zero-order valence-electron chi connectivity index (χ0n) is 8.80. The van der Waals surface area contributed by atoms with Crippen LogP contribution in [0.3, 0.4) is 0 Å². The lowest BCUT2D eigenvalue weighted by Crippen LogP contribution is -2.12. The van der Waals surface area contributed by atoms with Crippen molar-refractivity contribution in [1.82, 2.24) is 0 Å². The van der Waals surface area contributed by atoms with E-state index in [1.807, 2.05) is 0 Å². The maximum absolute atomic E-state index is 13.2. The van der Waals surface area contributed by atoms with Crippen molar-refractivity contribution in [3.05, 3.63) is 39.7 Å². The molecule has 0 saturated carbocycles. The Morgan fingerprint density at radius 1 is 1.59 bits per heavy atom. The zero-order chi connectivity index (χ0) is 13.0. The molecule has 0 fully saturated rings. The summed E-state index contributed by atoms with van der Waals surface area (Å²) in [6.07, 6.45) is 0.00631. The summed E-state index contributed by atoms with van der Waals surface area (Å²) in [5.74, 6) is -1.97. The highest BCUT2D eigenvalue weighted by Crippen LogP contribution is 2.22. The molecule has 6 nitrogen and oxygen atoms in total. The maximum atomic E-state index is 13.2. The summed E-state index contributed by atoms with van der Waals surface area (Å²) in [5.41, 5.74) is 5.35. The van der Waals surface area contributed by atoms with E-state index in [9.17, 15) is 19.3 Å². The van der Waals surface area contributed by atoms with Crippen LogP contribution in [-0.2, 0) is 4.79 Å². The number of carboxylic acid groups (broad SMARTS) is 1. The van der Waals surface area contributed by atoms with Crippen LogP contribution in [0.15, 0.2) is 18.2 Å².